The second-order valence-electron chi connectivity index (χ2n) is 5.90. The van der Waals surface area contributed by atoms with Crippen molar-refractivity contribution in [1.82, 2.24) is 19.6 Å². The van der Waals surface area contributed by atoms with Gasteiger partial charge in [0.05, 0.1) is 16.6 Å². The molecule has 0 radical (unpaired) electrons. The second-order valence-corrected chi connectivity index (χ2v) is 6.72. The number of hydrogen-bond acceptors (Lipinski definition) is 4. The molecule has 0 saturated heterocycles. The molecule has 2 heterocycles. The Labute approximate surface area is 164 Å². The van der Waals surface area contributed by atoms with Gasteiger partial charge in [0.25, 0.3) is 5.91 Å². The van der Waals surface area contributed by atoms with Gasteiger partial charge < -0.3 is 10.4 Å². The number of aryl methyl sites for hydroxylation is 2. The first kappa shape index (κ1) is 18.9. The average Bonchev–Trinajstić information content (AvgIpc) is 3.14. The lowest BCUT2D eigenvalue weighted by atomic mass is 10.2. The van der Waals surface area contributed by atoms with Gasteiger partial charge in [-0.2, -0.15) is 10.2 Å². The summed E-state index contributed by atoms with van der Waals surface area (Å²) in [7, 11) is 1.54. The highest BCUT2D eigenvalue weighted by Gasteiger charge is 2.22. The molecule has 8 nitrogen and oxygen atoms in total. The van der Waals surface area contributed by atoms with Crippen molar-refractivity contribution in [2.45, 2.75) is 13.5 Å². The van der Waals surface area contributed by atoms with Gasteiger partial charge in [0.1, 0.15) is 5.56 Å². The van der Waals surface area contributed by atoms with Gasteiger partial charge in [-0.15, -0.1) is 0 Å². The smallest absolute Gasteiger partial charge is 0.339 e. The van der Waals surface area contributed by atoms with Crippen molar-refractivity contribution in [1.29, 1.82) is 0 Å². The maximum atomic E-state index is 12.4. The third-order valence-electron chi connectivity index (χ3n) is 3.81. The van der Waals surface area contributed by atoms with Crippen molar-refractivity contribution in [2.75, 3.05) is 5.32 Å². The van der Waals surface area contributed by atoms with Crippen molar-refractivity contribution in [2.24, 2.45) is 7.05 Å². The Balaban J connectivity index is 1.79. The summed E-state index contributed by atoms with van der Waals surface area (Å²) >= 11 is 11.9. The number of hydrogen-bond donors (Lipinski definition) is 2. The molecule has 1 aromatic carbocycles. The molecule has 0 atom stereocenters. The zero-order valence-corrected chi connectivity index (χ0v) is 15.9. The maximum absolute atomic E-state index is 12.4. The molecule has 27 heavy (non-hydrogen) atoms. The van der Waals surface area contributed by atoms with E-state index in [4.69, 9.17) is 23.2 Å². The topological polar surface area (TPSA) is 102 Å². The summed E-state index contributed by atoms with van der Waals surface area (Å²) in [5.41, 5.74) is 1.34. The summed E-state index contributed by atoms with van der Waals surface area (Å²) in [6.07, 6.45) is 1.27. The SMILES string of the molecule is Cc1cc(NC(=O)c2nn(C)cc2C(=O)O)nn1Cc1ccc(Cl)c(Cl)c1. The first-order valence-corrected chi connectivity index (χ1v) is 8.57. The third-order valence-corrected chi connectivity index (χ3v) is 4.55. The van der Waals surface area contributed by atoms with E-state index in [2.05, 4.69) is 15.5 Å². The zero-order valence-electron chi connectivity index (χ0n) is 14.4. The van der Waals surface area contributed by atoms with Gasteiger partial charge in [0.15, 0.2) is 11.5 Å². The fourth-order valence-corrected chi connectivity index (χ4v) is 2.85. The molecule has 1 amide bonds. The number of halogens is 2. The van der Waals surface area contributed by atoms with Crippen LogP contribution in [0.4, 0.5) is 5.82 Å². The molecule has 140 valence electrons. The molecule has 10 heteroatoms. The van der Waals surface area contributed by atoms with E-state index in [0.717, 1.165) is 11.3 Å². The van der Waals surface area contributed by atoms with Gasteiger partial charge in [-0.3, -0.25) is 14.2 Å². The van der Waals surface area contributed by atoms with Crippen molar-refractivity contribution in [3.8, 4) is 0 Å². The zero-order chi connectivity index (χ0) is 19.7. The Morgan fingerprint density at radius 2 is 1.93 bits per heavy atom. The van der Waals surface area contributed by atoms with Crippen LogP contribution in [0, 0.1) is 6.92 Å². The summed E-state index contributed by atoms with van der Waals surface area (Å²) in [4.78, 5) is 23.6. The Kier molecular flexibility index (Phi) is 5.20. The summed E-state index contributed by atoms with van der Waals surface area (Å²) in [5, 5.41) is 20.9. The number of carboxylic acid groups (broad SMARTS) is 1. The molecule has 2 N–H and O–H groups in total. The molecule has 0 spiro atoms. The van der Waals surface area contributed by atoms with Crippen molar-refractivity contribution in [3.05, 3.63) is 63.0 Å². The number of aromatic nitrogens is 4. The predicted molar refractivity (Wildman–Crippen MR) is 101 cm³/mol. The van der Waals surface area contributed by atoms with E-state index < -0.39 is 11.9 Å². The third kappa shape index (κ3) is 4.12. The van der Waals surface area contributed by atoms with Gasteiger partial charge in [0.2, 0.25) is 0 Å². The molecule has 0 fully saturated rings. The standard InChI is InChI=1S/C17H15Cl2N5O3/c1-9-5-14(20-16(25)15-11(17(26)27)8-23(2)22-15)21-24(9)7-10-3-4-12(18)13(19)6-10/h3-6,8H,7H2,1-2H3,(H,26,27)(H,20,21,25). The molecule has 0 aliphatic carbocycles. The summed E-state index contributed by atoms with van der Waals surface area (Å²) in [5.74, 6) is -1.58. The number of carbonyl (C=O) groups is 2. The number of nitrogens with one attached hydrogen (secondary N) is 1. The van der Waals surface area contributed by atoms with Gasteiger partial charge >= 0.3 is 5.97 Å². The van der Waals surface area contributed by atoms with Gasteiger partial charge in [-0.05, 0) is 24.6 Å². The van der Waals surface area contributed by atoms with Gasteiger partial charge in [-0.25, -0.2) is 4.79 Å². The summed E-state index contributed by atoms with van der Waals surface area (Å²) < 4.78 is 2.96. The Morgan fingerprint density at radius 3 is 2.59 bits per heavy atom. The molecular weight excluding hydrogens is 393 g/mol. The number of rotatable bonds is 5. The van der Waals surface area contributed by atoms with E-state index in [9.17, 15) is 14.7 Å². The van der Waals surface area contributed by atoms with E-state index in [-0.39, 0.29) is 11.3 Å². The van der Waals surface area contributed by atoms with Crippen LogP contribution < -0.4 is 5.32 Å². The number of aromatic carboxylic acids is 1. The van der Waals surface area contributed by atoms with E-state index in [1.54, 1.807) is 29.9 Å². The Bertz CT molecular complexity index is 1040. The minimum Gasteiger partial charge on any atom is -0.478 e. The average molecular weight is 408 g/mol. The normalized spacial score (nSPS) is 10.8. The van der Waals surface area contributed by atoms with Crippen LogP contribution >= 0.6 is 23.2 Å². The summed E-state index contributed by atoms with van der Waals surface area (Å²) in [6.45, 7) is 2.27. The first-order valence-electron chi connectivity index (χ1n) is 7.81. The largest absolute Gasteiger partial charge is 0.478 e. The van der Waals surface area contributed by atoms with Crippen LogP contribution in [-0.4, -0.2) is 36.5 Å². The van der Waals surface area contributed by atoms with Crippen molar-refractivity contribution < 1.29 is 14.7 Å². The van der Waals surface area contributed by atoms with Crippen LogP contribution in [0.25, 0.3) is 0 Å². The highest BCUT2D eigenvalue weighted by atomic mass is 35.5. The van der Waals surface area contributed by atoms with Crippen molar-refractivity contribution in [3.63, 3.8) is 0 Å². The lowest BCUT2D eigenvalue weighted by molar-refractivity contribution is 0.0692. The van der Waals surface area contributed by atoms with Crippen LogP contribution in [0.1, 0.15) is 32.1 Å². The number of carboxylic acids is 1. The number of anilines is 1. The number of carbonyl (C=O) groups excluding carboxylic acids is 1. The van der Waals surface area contributed by atoms with E-state index >= 15 is 0 Å². The lowest BCUT2D eigenvalue weighted by Crippen LogP contribution is -2.17. The van der Waals surface area contributed by atoms with Gasteiger partial charge in [-0.1, -0.05) is 29.3 Å². The highest BCUT2D eigenvalue weighted by Crippen LogP contribution is 2.23. The molecule has 0 unspecified atom stereocenters. The Hall–Kier alpha value is -2.84. The van der Waals surface area contributed by atoms with Gasteiger partial charge in [0, 0.05) is 25.0 Å². The van der Waals surface area contributed by atoms with Crippen LogP contribution in [0.5, 0.6) is 0 Å². The molecule has 2 aromatic heterocycles. The molecular formula is C17H15Cl2N5O3. The number of benzene rings is 1. The molecule has 0 aliphatic rings. The lowest BCUT2D eigenvalue weighted by Gasteiger charge is -2.06. The summed E-state index contributed by atoms with van der Waals surface area (Å²) in [6, 6.07) is 6.96. The minimum atomic E-state index is -1.23. The molecule has 0 bridgehead atoms. The minimum absolute atomic E-state index is 0.179. The number of amides is 1. The van der Waals surface area contributed by atoms with E-state index in [1.807, 2.05) is 13.0 Å². The Morgan fingerprint density at radius 1 is 1.19 bits per heavy atom. The second kappa shape index (κ2) is 7.42. The van der Waals surface area contributed by atoms with E-state index in [1.165, 1.54) is 10.9 Å². The molecule has 3 rings (SSSR count). The monoisotopic (exact) mass is 407 g/mol. The first-order chi connectivity index (χ1) is 12.7. The van der Waals surface area contributed by atoms with Crippen LogP contribution in [-0.2, 0) is 13.6 Å². The molecule has 0 saturated carbocycles. The highest BCUT2D eigenvalue weighted by molar-refractivity contribution is 6.42. The fraction of sp³-hybridized carbons (Fsp3) is 0.176. The van der Waals surface area contributed by atoms with Crippen molar-refractivity contribution >= 4 is 40.9 Å². The fourth-order valence-electron chi connectivity index (χ4n) is 2.53. The van der Waals surface area contributed by atoms with Crippen LogP contribution in [0.3, 0.4) is 0 Å². The quantitative estimate of drug-likeness (QED) is 0.675. The predicted octanol–water partition coefficient (Wildman–Crippen LogP) is 3.23. The van der Waals surface area contributed by atoms with Crippen LogP contribution in [0.15, 0.2) is 30.5 Å². The molecule has 0 aliphatic heterocycles. The molecule has 3 aromatic rings. The maximum Gasteiger partial charge on any atom is 0.339 e. The van der Waals surface area contributed by atoms with Crippen LogP contribution in [0.2, 0.25) is 10.0 Å². The number of nitrogens with zero attached hydrogens (tertiary/aromatic N) is 4. The van der Waals surface area contributed by atoms with E-state index in [0.29, 0.717) is 22.4 Å².